The molecule has 0 saturated carbocycles. The molecule has 120 valence electrons. The summed E-state index contributed by atoms with van der Waals surface area (Å²) >= 11 is 7.53. The van der Waals surface area contributed by atoms with Gasteiger partial charge in [-0.05, 0) is 18.6 Å². The van der Waals surface area contributed by atoms with Crippen LogP contribution in [-0.2, 0) is 4.79 Å². The molecule has 3 rings (SSSR count). The maximum Gasteiger partial charge on any atom is 0.262 e. The predicted octanol–water partition coefficient (Wildman–Crippen LogP) is 3.83. The molecule has 0 fully saturated rings. The maximum atomic E-state index is 12.4. The first-order chi connectivity index (χ1) is 11.6. The van der Waals surface area contributed by atoms with Crippen molar-refractivity contribution in [2.45, 2.75) is 13.0 Å². The Kier molecular flexibility index (Phi) is 4.65. The predicted molar refractivity (Wildman–Crippen MR) is 94.7 cm³/mol. The molecule has 0 spiro atoms. The monoisotopic (exact) mass is 356 g/mol. The summed E-state index contributed by atoms with van der Waals surface area (Å²) in [5.74, 6) is -0.449. The molecule has 0 unspecified atom stereocenters. The fraction of sp³-hybridized carbons (Fsp3) is 0.118. The summed E-state index contributed by atoms with van der Waals surface area (Å²) in [6, 6.07) is 11.3. The van der Waals surface area contributed by atoms with Crippen LogP contribution in [-0.4, -0.2) is 15.3 Å². The quantitative estimate of drug-likeness (QED) is 0.570. The number of nitrogens with one attached hydrogen (secondary N) is 1. The summed E-state index contributed by atoms with van der Waals surface area (Å²) in [6.45, 7) is 1.87. The third kappa shape index (κ3) is 3.18. The molecule has 1 aromatic carbocycles. The van der Waals surface area contributed by atoms with Crippen molar-refractivity contribution in [3.05, 3.63) is 63.9 Å². The molecule has 1 atom stereocenters. The van der Waals surface area contributed by atoms with E-state index in [1.54, 1.807) is 10.6 Å². The smallest absolute Gasteiger partial charge is 0.262 e. The summed E-state index contributed by atoms with van der Waals surface area (Å²) in [5.41, 5.74) is 1.46. The van der Waals surface area contributed by atoms with Gasteiger partial charge in [-0.25, -0.2) is 4.98 Å². The number of amides is 1. The molecule has 0 bridgehead atoms. The highest BCUT2D eigenvalue weighted by Crippen LogP contribution is 2.23. The molecule has 0 aliphatic rings. The summed E-state index contributed by atoms with van der Waals surface area (Å²) in [6.07, 6.45) is 3.26. The van der Waals surface area contributed by atoms with Crippen molar-refractivity contribution in [2.24, 2.45) is 0 Å². The first-order valence-corrected chi connectivity index (χ1v) is 8.44. The molecule has 2 aromatic heterocycles. The molecular formula is C17H13ClN4OS. The van der Waals surface area contributed by atoms with Crippen LogP contribution < -0.4 is 5.32 Å². The fourth-order valence-electron chi connectivity index (χ4n) is 2.29. The van der Waals surface area contributed by atoms with Gasteiger partial charge in [-0.2, -0.15) is 5.26 Å². The highest BCUT2D eigenvalue weighted by molar-refractivity contribution is 7.15. The Labute approximate surface area is 147 Å². The second-order valence-corrected chi connectivity index (χ2v) is 6.35. The highest BCUT2D eigenvalue weighted by Gasteiger charge is 2.16. The molecule has 1 amide bonds. The minimum Gasteiger partial charge on any atom is -0.345 e. The molecule has 0 saturated heterocycles. The highest BCUT2D eigenvalue weighted by atomic mass is 35.5. The number of nitriles is 1. The van der Waals surface area contributed by atoms with Crippen LogP contribution in [0.2, 0.25) is 5.15 Å². The number of hydrogen-bond donors (Lipinski definition) is 1. The Morgan fingerprint density at radius 3 is 2.92 bits per heavy atom. The van der Waals surface area contributed by atoms with E-state index in [1.165, 1.54) is 17.4 Å². The van der Waals surface area contributed by atoms with Gasteiger partial charge in [0, 0.05) is 11.6 Å². The first kappa shape index (κ1) is 16.2. The Morgan fingerprint density at radius 1 is 1.46 bits per heavy atom. The van der Waals surface area contributed by atoms with E-state index in [2.05, 4.69) is 10.3 Å². The second-order valence-electron chi connectivity index (χ2n) is 5.12. The first-order valence-electron chi connectivity index (χ1n) is 7.19. The van der Waals surface area contributed by atoms with Crippen molar-refractivity contribution in [3.63, 3.8) is 0 Å². The number of nitrogens with zero attached hydrogens (tertiary/aromatic N) is 3. The van der Waals surface area contributed by atoms with Crippen molar-refractivity contribution >= 4 is 39.9 Å². The van der Waals surface area contributed by atoms with Gasteiger partial charge < -0.3 is 5.32 Å². The van der Waals surface area contributed by atoms with Gasteiger partial charge in [0.05, 0.1) is 11.7 Å². The summed E-state index contributed by atoms with van der Waals surface area (Å²) in [5, 5.41) is 14.3. The molecule has 5 nitrogen and oxygen atoms in total. The zero-order valence-electron chi connectivity index (χ0n) is 12.7. The molecule has 24 heavy (non-hydrogen) atoms. The van der Waals surface area contributed by atoms with E-state index in [0.29, 0.717) is 10.7 Å². The van der Waals surface area contributed by atoms with Gasteiger partial charge in [0.15, 0.2) is 10.1 Å². The van der Waals surface area contributed by atoms with E-state index in [9.17, 15) is 10.1 Å². The number of carbonyl (C=O) groups excluding carboxylic acids is 1. The number of fused-ring (bicyclic) bond motifs is 1. The second kappa shape index (κ2) is 6.87. The third-order valence-corrected chi connectivity index (χ3v) is 4.58. The van der Waals surface area contributed by atoms with Gasteiger partial charge >= 0.3 is 0 Å². The minimum atomic E-state index is -0.449. The lowest BCUT2D eigenvalue weighted by Crippen LogP contribution is -2.27. The Morgan fingerprint density at radius 2 is 2.21 bits per heavy atom. The number of aromatic nitrogens is 2. The molecular weight excluding hydrogens is 344 g/mol. The largest absolute Gasteiger partial charge is 0.345 e. The minimum absolute atomic E-state index is 0.0207. The summed E-state index contributed by atoms with van der Waals surface area (Å²) < 4.78 is 1.75. The van der Waals surface area contributed by atoms with Crippen LogP contribution >= 0.6 is 22.9 Å². The van der Waals surface area contributed by atoms with E-state index < -0.39 is 5.91 Å². The van der Waals surface area contributed by atoms with Crippen LogP contribution in [0.1, 0.15) is 24.2 Å². The zero-order chi connectivity index (χ0) is 17.1. The molecule has 1 N–H and O–H groups in total. The van der Waals surface area contributed by atoms with E-state index in [1.807, 2.05) is 48.7 Å². The van der Waals surface area contributed by atoms with Crippen molar-refractivity contribution in [1.29, 1.82) is 5.26 Å². The Bertz CT molecular complexity index is 952. The van der Waals surface area contributed by atoms with Gasteiger partial charge in [0.25, 0.3) is 5.91 Å². The molecule has 0 aliphatic carbocycles. The van der Waals surface area contributed by atoms with Crippen LogP contribution in [0.5, 0.6) is 0 Å². The van der Waals surface area contributed by atoms with E-state index in [4.69, 9.17) is 11.6 Å². The van der Waals surface area contributed by atoms with Crippen molar-refractivity contribution in [2.75, 3.05) is 0 Å². The lowest BCUT2D eigenvalue weighted by atomic mass is 10.1. The molecule has 0 aliphatic heterocycles. The molecule has 0 radical (unpaired) electrons. The van der Waals surface area contributed by atoms with Gasteiger partial charge in [-0.15, -0.1) is 11.3 Å². The number of carbonyl (C=O) groups is 1. The zero-order valence-corrected chi connectivity index (χ0v) is 14.3. The number of thiazole rings is 1. The molecule has 2 heterocycles. The van der Waals surface area contributed by atoms with E-state index in [0.717, 1.165) is 5.56 Å². The summed E-state index contributed by atoms with van der Waals surface area (Å²) in [4.78, 5) is 17.3. The van der Waals surface area contributed by atoms with Gasteiger partial charge in [0.1, 0.15) is 11.6 Å². The molecule has 7 heteroatoms. The van der Waals surface area contributed by atoms with Gasteiger partial charge in [0.2, 0.25) is 0 Å². The Hall–Kier alpha value is -2.62. The van der Waals surface area contributed by atoms with Crippen LogP contribution in [0.4, 0.5) is 0 Å². The SMILES string of the molecule is C[C@@H](NC(=O)/C(C#N)=C/c1c(Cl)nc2sccn12)c1ccccc1. The normalized spacial score (nSPS) is 12.8. The number of halogens is 1. The average Bonchev–Trinajstić information content (AvgIpc) is 3.14. The lowest BCUT2D eigenvalue weighted by Gasteiger charge is -2.13. The van der Waals surface area contributed by atoms with Crippen LogP contribution in [0, 0.1) is 11.3 Å². The van der Waals surface area contributed by atoms with Gasteiger partial charge in [-0.3, -0.25) is 9.20 Å². The maximum absolute atomic E-state index is 12.4. The van der Waals surface area contributed by atoms with Crippen molar-refractivity contribution < 1.29 is 4.79 Å². The van der Waals surface area contributed by atoms with Crippen molar-refractivity contribution in [1.82, 2.24) is 14.7 Å². The third-order valence-electron chi connectivity index (χ3n) is 3.55. The topological polar surface area (TPSA) is 70.2 Å². The van der Waals surface area contributed by atoms with E-state index in [-0.39, 0.29) is 16.8 Å². The van der Waals surface area contributed by atoms with Crippen LogP contribution in [0.3, 0.4) is 0 Å². The van der Waals surface area contributed by atoms with Gasteiger partial charge in [-0.1, -0.05) is 41.9 Å². The number of imidazole rings is 1. The van der Waals surface area contributed by atoms with E-state index >= 15 is 0 Å². The van der Waals surface area contributed by atoms with Crippen molar-refractivity contribution in [3.8, 4) is 6.07 Å². The van der Waals surface area contributed by atoms with Crippen LogP contribution in [0.15, 0.2) is 47.5 Å². The van der Waals surface area contributed by atoms with Crippen LogP contribution in [0.25, 0.3) is 11.0 Å². The number of benzene rings is 1. The number of hydrogen-bond acceptors (Lipinski definition) is 4. The number of rotatable bonds is 4. The average molecular weight is 357 g/mol. The fourth-order valence-corrected chi connectivity index (χ4v) is 3.29. The summed E-state index contributed by atoms with van der Waals surface area (Å²) in [7, 11) is 0. The lowest BCUT2D eigenvalue weighted by molar-refractivity contribution is -0.117. The standard InChI is InChI=1S/C17H13ClN4OS/c1-11(12-5-3-2-4-6-12)20-16(23)13(10-19)9-14-15(18)21-17-22(14)7-8-24-17/h2-9,11H,1H3,(H,20,23)/b13-9+/t11-/m1/s1. The molecule has 3 aromatic rings. The Balaban J connectivity index is 1.86.